The Kier molecular flexibility index (Phi) is 5.12. The lowest BCUT2D eigenvalue weighted by Gasteiger charge is -2.19. The van der Waals surface area contributed by atoms with E-state index in [4.69, 9.17) is 0 Å². The van der Waals surface area contributed by atoms with Crippen LogP contribution in [0.15, 0.2) is 29.2 Å². The lowest BCUT2D eigenvalue weighted by Crippen LogP contribution is -2.31. The summed E-state index contributed by atoms with van der Waals surface area (Å²) in [5.41, 5.74) is 1.08. The summed E-state index contributed by atoms with van der Waals surface area (Å²) in [5, 5.41) is 9.39. The number of aliphatic hydroxyl groups is 1. The fourth-order valence-electron chi connectivity index (χ4n) is 1.57. The van der Waals surface area contributed by atoms with Crippen LogP contribution in [-0.4, -0.2) is 26.2 Å². The van der Waals surface area contributed by atoms with Crippen LogP contribution in [0.5, 0.6) is 0 Å². The minimum atomic E-state index is -3.54. The van der Waals surface area contributed by atoms with Gasteiger partial charge in [-0.3, -0.25) is 0 Å². The number of nitrogens with one attached hydrogen (secondary N) is 1. The van der Waals surface area contributed by atoms with Gasteiger partial charge in [-0.05, 0) is 29.5 Å². The predicted octanol–water partition coefficient (Wildman–Crippen LogP) is 2.03. The van der Waals surface area contributed by atoms with E-state index >= 15 is 0 Å². The van der Waals surface area contributed by atoms with Crippen molar-refractivity contribution in [1.29, 1.82) is 0 Å². The number of benzene rings is 1. The third kappa shape index (κ3) is 4.60. The van der Waals surface area contributed by atoms with Gasteiger partial charge in [0.25, 0.3) is 0 Å². The Balaban J connectivity index is 2.85. The fraction of sp³-hybridized carbons (Fsp3) is 0.571. The van der Waals surface area contributed by atoms with Gasteiger partial charge in [0, 0.05) is 6.54 Å². The van der Waals surface area contributed by atoms with Crippen LogP contribution < -0.4 is 4.72 Å². The highest BCUT2D eigenvalue weighted by Gasteiger charge is 2.18. The first-order valence-electron chi connectivity index (χ1n) is 6.45. The first-order chi connectivity index (χ1) is 8.66. The van der Waals surface area contributed by atoms with Gasteiger partial charge in [0.15, 0.2) is 0 Å². The summed E-state index contributed by atoms with van der Waals surface area (Å²) in [4.78, 5) is 0.226. The Morgan fingerprint density at radius 3 is 2.16 bits per heavy atom. The normalized spacial score (nSPS) is 14.4. The van der Waals surface area contributed by atoms with E-state index in [1.165, 1.54) is 0 Å². The Morgan fingerprint density at radius 1 is 1.21 bits per heavy atom. The molecule has 4 nitrogen and oxygen atoms in total. The molecule has 1 rings (SSSR count). The van der Waals surface area contributed by atoms with Crippen molar-refractivity contribution in [3.05, 3.63) is 29.8 Å². The lowest BCUT2D eigenvalue weighted by molar-refractivity contribution is 0.174. The zero-order chi connectivity index (χ0) is 14.7. The molecule has 0 spiro atoms. The van der Waals surface area contributed by atoms with Gasteiger partial charge < -0.3 is 5.11 Å². The summed E-state index contributed by atoms with van der Waals surface area (Å²) >= 11 is 0. The third-order valence-electron chi connectivity index (χ3n) is 3.01. The number of aliphatic hydroxyl groups excluding tert-OH is 1. The van der Waals surface area contributed by atoms with Crippen LogP contribution in [0.1, 0.15) is 39.7 Å². The van der Waals surface area contributed by atoms with Crippen LogP contribution in [0.3, 0.4) is 0 Å². The summed E-state index contributed by atoms with van der Waals surface area (Å²) in [5.74, 6) is 0. The Morgan fingerprint density at radius 2 is 1.74 bits per heavy atom. The molecule has 0 heterocycles. The minimum absolute atomic E-state index is 0.00583. The van der Waals surface area contributed by atoms with Crippen LogP contribution in [0.4, 0.5) is 0 Å². The van der Waals surface area contributed by atoms with Crippen molar-refractivity contribution in [1.82, 2.24) is 4.72 Å². The van der Waals surface area contributed by atoms with E-state index in [0.29, 0.717) is 6.42 Å². The van der Waals surface area contributed by atoms with Crippen LogP contribution in [0, 0.1) is 0 Å². The zero-order valence-corrected chi connectivity index (χ0v) is 12.8. The van der Waals surface area contributed by atoms with Gasteiger partial charge in [-0.25, -0.2) is 13.1 Å². The summed E-state index contributed by atoms with van der Waals surface area (Å²) in [7, 11) is -3.54. The van der Waals surface area contributed by atoms with Crippen molar-refractivity contribution in [2.24, 2.45) is 0 Å². The maximum absolute atomic E-state index is 12.0. The first kappa shape index (κ1) is 16.1. The van der Waals surface area contributed by atoms with Gasteiger partial charge in [-0.2, -0.15) is 0 Å². The van der Waals surface area contributed by atoms with E-state index in [2.05, 4.69) is 25.5 Å². The van der Waals surface area contributed by atoms with Crippen LogP contribution >= 0.6 is 0 Å². The van der Waals surface area contributed by atoms with Gasteiger partial charge in [0.1, 0.15) is 0 Å². The van der Waals surface area contributed by atoms with E-state index in [0.717, 1.165) is 5.56 Å². The minimum Gasteiger partial charge on any atom is -0.392 e. The predicted molar refractivity (Wildman–Crippen MR) is 76.6 cm³/mol. The molecule has 1 atom stereocenters. The summed E-state index contributed by atoms with van der Waals surface area (Å²) in [6.45, 7) is 8.07. The molecule has 0 radical (unpaired) electrons. The average Bonchev–Trinajstić information content (AvgIpc) is 2.35. The van der Waals surface area contributed by atoms with Crippen LogP contribution in [-0.2, 0) is 15.4 Å². The molecule has 0 amide bonds. The fourth-order valence-corrected chi connectivity index (χ4v) is 2.64. The molecule has 1 aromatic rings. The van der Waals surface area contributed by atoms with E-state index in [1.807, 2.05) is 12.1 Å². The monoisotopic (exact) mass is 285 g/mol. The van der Waals surface area contributed by atoms with Gasteiger partial charge in [-0.15, -0.1) is 0 Å². The zero-order valence-electron chi connectivity index (χ0n) is 12.0. The van der Waals surface area contributed by atoms with E-state index in [9.17, 15) is 13.5 Å². The lowest BCUT2D eigenvalue weighted by atomic mass is 9.87. The van der Waals surface area contributed by atoms with Crippen molar-refractivity contribution in [2.75, 3.05) is 6.54 Å². The highest BCUT2D eigenvalue weighted by molar-refractivity contribution is 7.89. The highest BCUT2D eigenvalue weighted by Crippen LogP contribution is 2.23. The third-order valence-corrected chi connectivity index (χ3v) is 4.45. The SMILES string of the molecule is CCC(O)CNS(=O)(=O)c1ccc(C(C)(C)C)cc1. The number of rotatable bonds is 5. The molecule has 0 aliphatic rings. The van der Waals surface area contributed by atoms with Crippen molar-refractivity contribution < 1.29 is 13.5 Å². The molecule has 1 unspecified atom stereocenters. The van der Waals surface area contributed by atoms with Gasteiger partial charge in [0.2, 0.25) is 10.0 Å². The molecule has 108 valence electrons. The molecule has 1 aromatic carbocycles. The quantitative estimate of drug-likeness (QED) is 0.870. The maximum atomic E-state index is 12.0. The summed E-state index contributed by atoms with van der Waals surface area (Å²) < 4.78 is 26.4. The molecular formula is C14H23NO3S. The standard InChI is InChI=1S/C14H23NO3S/c1-5-12(16)10-15-19(17,18)13-8-6-11(7-9-13)14(2,3)4/h6-9,12,15-16H,5,10H2,1-4H3. The smallest absolute Gasteiger partial charge is 0.240 e. The van der Waals surface area contributed by atoms with Crippen LogP contribution in [0.2, 0.25) is 0 Å². The number of hydrogen-bond donors (Lipinski definition) is 2. The molecule has 2 N–H and O–H groups in total. The topological polar surface area (TPSA) is 66.4 Å². The Bertz CT molecular complexity index is 500. The van der Waals surface area contributed by atoms with E-state index < -0.39 is 16.1 Å². The second kappa shape index (κ2) is 6.03. The largest absolute Gasteiger partial charge is 0.392 e. The van der Waals surface area contributed by atoms with Crippen molar-refractivity contribution in [2.45, 2.75) is 50.5 Å². The van der Waals surface area contributed by atoms with Crippen molar-refractivity contribution >= 4 is 10.0 Å². The second-order valence-electron chi connectivity index (χ2n) is 5.69. The Hall–Kier alpha value is -0.910. The molecule has 0 aliphatic carbocycles. The highest BCUT2D eigenvalue weighted by atomic mass is 32.2. The van der Waals surface area contributed by atoms with Gasteiger partial charge in [0.05, 0.1) is 11.0 Å². The maximum Gasteiger partial charge on any atom is 0.240 e. The number of hydrogen-bond acceptors (Lipinski definition) is 3. The first-order valence-corrected chi connectivity index (χ1v) is 7.93. The van der Waals surface area contributed by atoms with Crippen molar-refractivity contribution in [3.63, 3.8) is 0 Å². The molecular weight excluding hydrogens is 262 g/mol. The molecule has 0 saturated carbocycles. The summed E-state index contributed by atoms with van der Waals surface area (Å²) in [6, 6.07) is 6.85. The number of sulfonamides is 1. The molecule has 19 heavy (non-hydrogen) atoms. The molecule has 0 saturated heterocycles. The molecule has 0 fully saturated rings. The average molecular weight is 285 g/mol. The molecule has 0 aromatic heterocycles. The Labute approximate surface area is 115 Å². The van der Waals surface area contributed by atoms with Gasteiger partial charge >= 0.3 is 0 Å². The van der Waals surface area contributed by atoms with Crippen LogP contribution in [0.25, 0.3) is 0 Å². The van der Waals surface area contributed by atoms with E-state index in [-0.39, 0.29) is 16.9 Å². The molecule has 5 heteroatoms. The molecule has 0 bridgehead atoms. The second-order valence-corrected chi connectivity index (χ2v) is 7.46. The van der Waals surface area contributed by atoms with Gasteiger partial charge in [-0.1, -0.05) is 39.8 Å². The van der Waals surface area contributed by atoms with E-state index in [1.54, 1.807) is 19.1 Å². The summed E-state index contributed by atoms with van der Waals surface area (Å²) in [6.07, 6.45) is -0.130. The molecule has 0 aliphatic heterocycles. The van der Waals surface area contributed by atoms with Crippen molar-refractivity contribution in [3.8, 4) is 0 Å².